The van der Waals surface area contributed by atoms with Gasteiger partial charge in [-0.25, -0.2) is 4.79 Å². The molecule has 1 aliphatic heterocycles. The molecule has 1 heterocycles. The maximum absolute atomic E-state index is 12.0. The third kappa shape index (κ3) is 4.37. The maximum atomic E-state index is 12.0. The van der Waals surface area contributed by atoms with E-state index in [1.165, 1.54) is 0 Å². The molecule has 6 nitrogen and oxygen atoms in total. The summed E-state index contributed by atoms with van der Waals surface area (Å²) in [6, 6.07) is 7.41. The number of methoxy groups -OCH3 is 1. The molecule has 1 aromatic carbocycles. The molecule has 0 aromatic heterocycles. The minimum Gasteiger partial charge on any atom is -0.497 e. The summed E-state index contributed by atoms with van der Waals surface area (Å²) in [5, 5.41) is 0. The summed E-state index contributed by atoms with van der Waals surface area (Å²) in [5.74, 6) is 0.259. The van der Waals surface area contributed by atoms with Gasteiger partial charge in [-0.1, -0.05) is 19.1 Å². The third-order valence-corrected chi connectivity index (χ3v) is 3.90. The van der Waals surface area contributed by atoms with Crippen molar-refractivity contribution < 1.29 is 23.8 Å². The van der Waals surface area contributed by atoms with Crippen molar-refractivity contribution in [3.8, 4) is 5.75 Å². The van der Waals surface area contributed by atoms with E-state index in [0.717, 1.165) is 11.3 Å². The van der Waals surface area contributed by atoms with Crippen LogP contribution in [0.1, 0.15) is 25.8 Å². The van der Waals surface area contributed by atoms with E-state index in [1.807, 2.05) is 31.2 Å². The zero-order valence-electron chi connectivity index (χ0n) is 13.8. The van der Waals surface area contributed by atoms with Gasteiger partial charge in [0.25, 0.3) is 0 Å². The first-order valence-electron chi connectivity index (χ1n) is 7.78. The Hall–Kier alpha value is -2.24. The molecule has 0 aliphatic carbocycles. The van der Waals surface area contributed by atoms with E-state index in [-0.39, 0.29) is 24.0 Å². The average Bonchev–Trinajstić information content (AvgIpc) is 2.89. The molecule has 0 N–H and O–H groups in total. The second-order valence-corrected chi connectivity index (χ2v) is 5.60. The molecule has 0 saturated carbocycles. The second-order valence-electron chi connectivity index (χ2n) is 5.60. The van der Waals surface area contributed by atoms with Gasteiger partial charge in [-0.2, -0.15) is 0 Å². The molecule has 2 rings (SSSR count). The van der Waals surface area contributed by atoms with Crippen LogP contribution in [0, 0.1) is 5.92 Å². The van der Waals surface area contributed by atoms with Gasteiger partial charge in [0.15, 0.2) is 0 Å². The Balaban J connectivity index is 1.99. The average molecular weight is 321 g/mol. The number of ether oxygens (including phenoxy) is 3. The summed E-state index contributed by atoms with van der Waals surface area (Å²) in [4.78, 5) is 25.4. The lowest BCUT2D eigenvalue weighted by atomic mass is 10.0. The highest BCUT2D eigenvalue weighted by atomic mass is 16.6. The summed E-state index contributed by atoms with van der Waals surface area (Å²) in [6.07, 6.45) is 0.183. The number of amides is 1. The molecule has 126 valence electrons. The van der Waals surface area contributed by atoms with E-state index >= 15 is 0 Å². The summed E-state index contributed by atoms with van der Waals surface area (Å²) < 4.78 is 15.3. The van der Waals surface area contributed by atoms with Crippen LogP contribution < -0.4 is 4.74 Å². The number of hydrogen-bond donors (Lipinski definition) is 0. The van der Waals surface area contributed by atoms with E-state index < -0.39 is 0 Å². The van der Waals surface area contributed by atoms with Crippen LogP contribution in [-0.4, -0.2) is 43.3 Å². The molecular formula is C17H23NO5. The molecule has 6 heteroatoms. The Morgan fingerprint density at radius 2 is 2.09 bits per heavy atom. The lowest BCUT2D eigenvalue weighted by molar-refractivity contribution is -0.148. The van der Waals surface area contributed by atoms with Crippen LogP contribution in [0.3, 0.4) is 0 Å². The lowest BCUT2D eigenvalue weighted by Crippen LogP contribution is -2.35. The van der Waals surface area contributed by atoms with Gasteiger partial charge >= 0.3 is 12.1 Å². The number of rotatable bonds is 7. The minimum atomic E-state index is -0.345. The van der Waals surface area contributed by atoms with Crippen molar-refractivity contribution >= 4 is 12.1 Å². The Kier molecular flexibility index (Phi) is 5.84. The molecule has 0 bridgehead atoms. The normalized spacial score (nSPS) is 18.5. The first-order chi connectivity index (χ1) is 11.0. The third-order valence-electron chi connectivity index (χ3n) is 3.90. The number of carbonyl (C=O) groups excluding carboxylic acids is 2. The van der Waals surface area contributed by atoms with Gasteiger partial charge < -0.3 is 14.2 Å². The number of carbonyl (C=O) groups is 2. The van der Waals surface area contributed by atoms with Gasteiger partial charge in [0.2, 0.25) is 0 Å². The number of hydrogen-bond acceptors (Lipinski definition) is 5. The quantitative estimate of drug-likeness (QED) is 0.722. The fourth-order valence-electron chi connectivity index (χ4n) is 2.59. The second kappa shape index (κ2) is 7.85. The molecule has 1 fully saturated rings. The predicted octanol–water partition coefficient (Wildman–Crippen LogP) is 2.61. The molecule has 23 heavy (non-hydrogen) atoms. The van der Waals surface area contributed by atoms with Gasteiger partial charge in [0, 0.05) is 6.54 Å². The summed E-state index contributed by atoms with van der Waals surface area (Å²) in [6.45, 7) is 4.70. The van der Waals surface area contributed by atoms with Gasteiger partial charge in [-0.3, -0.25) is 9.69 Å². The van der Waals surface area contributed by atoms with Crippen molar-refractivity contribution in [2.75, 3.05) is 20.3 Å². The first-order valence-corrected chi connectivity index (χ1v) is 7.78. The van der Waals surface area contributed by atoms with Crippen LogP contribution in [0.2, 0.25) is 0 Å². The van der Waals surface area contributed by atoms with E-state index in [9.17, 15) is 9.59 Å². The SMILES string of the molecule is CCOC(=O)[C@H](C)C[C@@H]1COC(=O)N1Cc1ccc(OC)cc1. The van der Waals surface area contributed by atoms with E-state index in [0.29, 0.717) is 26.2 Å². The Bertz CT molecular complexity index is 542. The zero-order chi connectivity index (χ0) is 16.8. The smallest absolute Gasteiger partial charge is 0.410 e. The van der Waals surface area contributed by atoms with Crippen molar-refractivity contribution in [3.63, 3.8) is 0 Å². The monoisotopic (exact) mass is 321 g/mol. The van der Waals surface area contributed by atoms with Crippen LogP contribution in [0.15, 0.2) is 24.3 Å². The van der Waals surface area contributed by atoms with Crippen molar-refractivity contribution in [1.82, 2.24) is 4.90 Å². The van der Waals surface area contributed by atoms with Crippen LogP contribution >= 0.6 is 0 Å². The van der Waals surface area contributed by atoms with Crippen molar-refractivity contribution in [1.29, 1.82) is 0 Å². The molecule has 0 spiro atoms. The van der Waals surface area contributed by atoms with Crippen LogP contribution in [0.4, 0.5) is 4.79 Å². The fourth-order valence-corrected chi connectivity index (χ4v) is 2.59. The van der Waals surface area contributed by atoms with Gasteiger partial charge in [-0.05, 0) is 31.0 Å². The molecule has 1 aromatic rings. The fraction of sp³-hybridized carbons (Fsp3) is 0.529. The molecule has 1 aliphatic rings. The van der Waals surface area contributed by atoms with Crippen LogP contribution in [0.25, 0.3) is 0 Å². The largest absolute Gasteiger partial charge is 0.497 e. The Labute approximate surface area is 136 Å². The number of esters is 1. The molecule has 2 atom stereocenters. The minimum absolute atomic E-state index is 0.121. The number of nitrogens with zero attached hydrogens (tertiary/aromatic N) is 1. The topological polar surface area (TPSA) is 65.1 Å². The summed E-state index contributed by atoms with van der Waals surface area (Å²) >= 11 is 0. The molecule has 0 unspecified atom stereocenters. The van der Waals surface area contributed by atoms with E-state index in [1.54, 1.807) is 18.9 Å². The standard InChI is InChI=1S/C17H23NO5/c1-4-22-16(19)12(2)9-14-11-23-17(20)18(14)10-13-5-7-15(21-3)8-6-13/h5-8,12,14H,4,9-11H2,1-3H3/t12-,14-/m1/s1. The van der Waals surface area contributed by atoms with Crippen LogP contribution in [0.5, 0.6) is 5.75 Å². The van der Waals surface area contributed by atoms with E-state index in [2.05, 4.69) is 0 Å². The van der Waals surface area contributed by atoms with Crippen molar-refractivity contribution in [2.45, 2.75) is 32.9 Å². The zero-order valence-corrected chi connectivity index (χ0v) is 13.8. The number of cyclic esters (lactones) is 1. The highest BCUT2D eigenvalue weighted by Gasteiger charge is 2.35. The Morgan fingerprint density at radius 1 is 1.39 bits per heavy atom. The first kappa shape index (κ1) is 17.1. The van der Waals surface area contributed by atoms with Crippen molar-refractivity contribution in [3.05, 3.63) is 29.8 Å². The summed E-state index contributed by atoms with van der Waals surface area (Å²) in [7, 11) is 1.61. The Morgan fingerprint density at radius 3 is 2.70 bits per heavy atom. The maximum Gasteiger partial charge on any atom is 0.410 e. The molecule has 1 amide bonds. The highest BCUT2D eigenvalue weighted by Crippen LogP contribution is 2.23. The van der Waals surface area contributed by atoms with Crippen molar-refractivity contribution in [2.24, 2.45) is 5.92 Å². The van der Waals surface area contributed by atoms with E-state index in [4.69, 9.17) is 14.2 Å². The summed E-state index contributed by atoms with van der Waals surface area (Å²) in [5.41, 5.74) is 0.985. The number of benzene rings is 1. The van der Waals surface area contributed by atoms with Gasteiger partial charge in [0.1, 0.15) is 12.4 Å². The predicted molar refractivity (Wildman–Crippen MR) is 84.1 cm³/mol. The van der Waals surface area contributed by atoms with Crippen LogP contribution in [-0.2, 0) is 20.8 Å². The molecule has 1 saturated heterocycles. The molecule has 0 radical (unpaired) electrons. The van der Waals surface area contributed by atoms with Gasteiger partial charge in [0.05, 0.1) is 25.7 Å². The molecular weight excluding hydrogens is 298 g/mol. The van der Waals surface area contributed by atoms with Gasteiger partial charge in [-0.15, -0.1) is 0 Å². The highest BCUT2D eigenvalue weighted by molar-refractivity contribution is 5.73. The lowest BCUT2D eigenvalue weighted by Gasteiger charge is -2.23.